The van der Waals surface area contributed by atoms with Crippen molar-refractivity contribution in [2.24, 2.45) is 0 Å². The molecule has 0 radical (unpaired) electrons. The highest BCUT2D eigenvalue weighted by molar-refractivity contribution is 9.10. The molecule has 0 aliphatic carbocycles. The van der Waals surface area contributed by atoms with Gasteiger partial charge in [0.05, 0.1) is 7.11 Å². The Morgan fingerprint density at radius 3 is 2.52 bits per heavy atom. The van der Waals surface area contributed by atoms with Gasteiger partial charge in [-0.1, -0.05) is 48.0 Å². The minimum Gasteiger partial charge on any atom is -0.495 e. The van der Waals surface area contributed by atoms with Crippen molar-refractivity contribution in [1.29, 1.82) is 0 Å². The van der Waals surface area contributed by atoms with E-state index in [-0.39, 0.29) is 18.0 Å². The minimum atomic E-state index is -3.69. The average molecular weight is 428 g/mol. The van der Waals surface area contributed by atoms with Gasteiger partial charge in [0.25, 0.3) is 0 Å². The lowest BCUT2D eigenvalue weighted by atomic mass is 10.0. The molecule has 0 bridgehead atoms. The van der Waals surface area contributed by atoms with Crippen LogP contribution in [0.4, 0.5) is 0 Å². The van der Waals surface area contributed by atoms with E-state index in [2.05, 4.69) is 34.5 Å². The first kappa shape index (κ1) is 19.8. The Kier molecular flexibility index (Phi) is 6.87. The second-order valence-corrected chi connectivity index (χ2v) is 8.38. The molecule has 0 saturated heterocycles. The second-order valence-electron chi connectivity index (χ2n) is 5.73. The maximum Gasteiger partial charge on any atom is 0.244 e. The molecule has 0 heterocycles. The largest absolute Gasteiger partial charge is 0.495 e. The lowest BCUT2D eigenvalue weighted by Gasteiger charge is -2.15. The molecule has 5 nitrogen and oxygen atoms in total. The zero-order chi connectivity index (χ0) is 18.4. The number of nitrogens with one attached hydrogen (secondary N) is 1. The van der Waals surface area contributed by atoms with E-state index in [4.69, 9.17) is 9.47 Å². The van der Waals surface area contributed by atoms with Gasteiger partial charge in [-0.3, -0.25) is 0 Å². The van der Waals surface area contributed by atoms with Crippen LogP contribution in [-0.2, 0) is 10.0 Å². The van der Waals surface area contributed by atoms with Crippen LogP contribution in [0, 0.1) is 0 Å². The summed E-state index contributed by atoms with van der Waals surface area (Å²) >= 11 is 3.28. The zero-order valence-corrected chi connectivity index (χ0v) is 16.9. The summed E-state index contributed by atoms with van der Waals surface area (Å²) in [5.41, 5.74) is 1.10. The summed E-state index contributed by atoms with van der Waals surface area (Å²) < 4.78 is 39.0. The van der Waals surface area contributed by atoms with Crippen LogP contribution in [0.15, 0.2) is 51.8 Å². The van der Waals surface area contributed by atoms with E-state index in [0.717, 1.165) is 11.3 Å². The highest BCUT2D eigenvalue weighted by Gasteiger charge is 2.19. The molecule has 25 heavy (non-hydrogen) atoms. The van der Waals surface area contributed by atoms with E-state index in [1.165, 1.54) is 13.2 Å². The van der Waals surface area contributed by atoms with Crippen LogP contribution in [0.5, 0.6) is 11.5 Å². The predicted octanol–water partition coefficient (Wildman–Crippen LogP) is 3.94. The Labute approximate surface area is 157 Å². The summed E-state index contributed by atoms with van der Waals surface area (Å²) in [6, 6.07) is 12.6. The third-order valence-electron chi connectivity index (χ3n) is 3.61. The van der Waals surface area contributed by atoms with Crippen molar-refractivity contribution in [3.05, 3.63) is 52.5 Å². The topological polar surface area (TPSA) is 64.6 Å². The Bertz CT molecular complexity index is 822. The molecule has 2 aromatic rings. The van der Waals surface area contributed by atoms with Crippen molar-refractivity contribution >= 4 is 26.0 Å². The van der Waals surface area contributed by atoms with Crippen molar-refractivity contribution in [2.45, 2.75) is 24.7 Å². The summed E-state index contributed by atoms with van der Waals surface area (Å²) in [6.45, 7) is 4.57. The predicted molar refractivity (Wildman–Crippen MR) is 102 cm³/mol. The number of rotatable bonds is 8. The molecule has 0 spiro atoms. The molecule has 0 aliphatic heterocycles. The van der Waals surface area contributed by atoms with Gasteiger partial charge in [-0.25, -0.2) is 13.1 Å². The van der Waals surface area contributed by atoms with Gasteiger partial charge in [0.1, 0.15) is 23.0 Å². The van der Waals surface area contributed by atoms with Crippen LogP contribution in [0.2, 0.25) is 0 Å². The summed E-state index contributed by atoms with van der Waals surface area (Å²) in [5, 5.41) is 0. The number of hydrogen-bond acceptors (Lipinski definition) is 4. The SMILES string of the molecule is COc1ccc(Br)cc1S(=O)(=O)NCCOc1ccccc1C(C)C. The fourth-order valence-electron chi connectivity index (χ4n) is 2.36. The van der Waals surface area contributed by atoms with Crippen molar-refractivity contribution in [3.8, 4) is 11.5 Å². The second kappa shape index (κ2) is 8.69. The van der Waals surface area contributed by atoms with Gasteiger partial charge in [0, 0.05) is 11.0 Å². The zero-order valence-electron chi connectivity index (χ0n) is 14.5. The molecule has 0 amide bonds. The first-order valence-corrected chi connectivity index (χ1v) is 10.2. The number of para-hydroxylation sites is 1. The maximum absolute atomic E-state index is 12.5. The summed E-state index contributed by atoms with van der Waals surface area (Å²) in [7, 11) is -2.25. The molecule has 0 fully saturated rings. The molecule has 2 aromatic carbocycles. The molecular formula is C18H22BrNO4S. The average Bonchev–Trinajstić information content (AvgIpc) is 2.59. The summed E-state index contributed by atoms with van der Waals surface area (Å²) in [6.07, 6.45) is 0. The van der Waals surface area contributed by atoms with E-state index in [0.29, 0.717) is 16.1 Å². The third-order valence-corrected chi connectivity index (χ3v) is 5.58. The summed E-state index contributed by atoms with van der Waals surface area (Å²) in [4.78, 5) is 0.0898. The van der Waals surface area contributed by atoms with Crippen molar-refractivity contribution in [3.63, 3.8) is 0 Å². The molecule has 0 saturated carbocycles. The van der Waals surface area contributed by atoms with Gasteiger partial charge in [-0.2, -0.15) is 0 Å². The Balaban J connectivity index is 2.01. The van der Waals surface area contributed by atoms with Crippen molar-refractivity contribution in [1.82, 2.24) is 4.72 Å². The maximum atomic E-state index is 12.5. The van der Waals surface area contributed by atoms with Crippen LogP contribution in [0.3, 0.4) is 0 Å². The minimum absolute atomic E-state index is 0.0898. The number of methoxy groups -OCH3 is 1. The molecule has 0 atom stereocenters. The van der Waals surface area contributed by atoms with E-state index in [1.54, 1.807) is 12.1 Å². The number of ether oxygens (including phenoxy) is 2. The number of hydrogen-bond donors (Lipinski definition) is 1. The molecule has 2 rings (SSSR count). The fourth-order valence-corrected chi connectivity index (χ4v) is 4.08. The smallest absolute Gasteiger partial charge is 0.244 e. The first-order chi connectivity index (χ1) is 11.8. The van der Waals surface area contributed by atoms with Gasteiger partial charge in [0.2, 0.25) is 10.0 Å². The normalized spacial score (nSPS) is 11.6. The lowest BCUT2D eigenvalue weighted by molar-refractivity contribution is 0.318. The number of sulfonamides is 1. The van der Waals surface area contributed by atoms with Gasteiger partial charge < -0.3 is 9.47 Å². The standard InChI is InChI=1S/C18H22BrNO4S/c1-13(2)15-6-4-5-7-16(15)24-11-10-20-25(21,22)18-12-14(19)8-9-17(18)23-3/h4-9,12-13,20H,10-11H2,1-3H3. The first-order valence-electron chi connectivity index (χ1n) is 7.90. The van der Waals surface area contributed by atoms with Gasteiger partial charge >= 0.3 is 0 Å². The van der Waals surface area contributed by atoms with Crippen LogP contribution >= 0.6 is 15.9 Å². The fraction of sp³-hybridized carbons (Fsp3) is 0.333. The van der Waals surface area contributed by atoms with Gasteiger partial charge in [0.15, 0.2) is 0 Å². The van der Waals surface area contributed by atoms with E-state index in [9.17, 15) is 8.42 Å². The van der Waals surface area contributed by atoms with Crippen LogP contribution in [-0.4, -0.2) is 28.7 Å². The van der Waals surface area contributed by atoms with Crippen LogP contribution in [0.25, 0.3) is 0 Å². The van der Waals surface area contributed by atoms with E-state index >= 15 is 0 Å². The monoisotopic (exact) mass is 427 g/mol. The van der Waals surface area contributed by atoms with Crippen LogP contribution in [0.1, 0.15) is 25.3 Å². The molecular weight excluding hydrogens is 406 g/mol. The number of halogens is 1. The van der Waals surface area contributed by atoms with Crippen molar-refractivity contribution in [2.75, 3.05) is 20.3 Å². The summed E-state index contributed by atoms with van der Waals surface area (Å²) in [5.74, 6) is 1.40. The molecule has 1 N–H and O–H groups in total. The van der Waals surface area contributed by atoms with Gasteiger partial charge in [-0.15, -0.1) is 0 Å². The molecule has 136 valence electrons. The van der Waals surface area contributed by atoms with Crippen LogP contribution < -0.4 is 14.2 Å². The van der Waals surface area contributed by atoms with E-state index < -0.39 is 10.0 Å². The Morgan fingerprint density at radius 2 is 1.84 bits per heavy atom. The molecule has 0 unspecified atom stereocenters. The van der Waals surface area contributed by atoms with E-state index in [1.807, 2.05) is 24.3 Å². The number of benzene rings is 2. The molecule has 7 heteroatoms. The van der Waals surface area contributed by atoms with Crippen molar-refractivity contribution < 1.29 is 17.9 Å². The lowest BCUT2D eigenvalue weighted by Crippen LogP contribution is -2.28. The quantitative estimate of drug-likeness (QED) is 0.647. The Hall–Kier alpha value is -1.57. The Morgan fingerprint density at radius 1 is 1.12 bits per heavy atom. The highest BCUT2D eigenvalue weighted by atomic mass is 79.9. The highest BCUT2D eigenvalue weighted by Crippen LogP contribution is 2.27. The molecule has 0 aliphatic rings. The third kappa shape index (κ3) is 5.20. The molecule has 0 aromatic heterocycles. The van der Waals surface area contributed by atoms with Gasteiger partial charge in [-0.05, 0) is 35.7 Å².